The molecule has 126 valence electrons. The molecule has 0 aliphatic carbocycles. The van der Waals surface area contributed by atoms with Crippen molar-refractivity contribution < 1.29 is 14.3 Å². The molecule has 0 fully saturated rings. The Hall–Kier alpha value is -2.47. The largest absolute Gasteiger partial charge is 0.495 e. The zero-order valence-corrected chi connectivity index (χ0v) is 14.4. The van der Waals surface area contributed by atoms with Crippen LogP contribution in [0.1, 0.15) is 6.92 Å². The molecule has 0 aliphatic rings. The molecule has 1 atom stereocenters. The van der Waals surface area contributed by atoms with Gasteiger partial charge in [0, 0.05) is 5.69 Å². The van der Waals surface area contributed by atoms with Crippen LogP contribution in [0.15, 0.2) is 54.6 Å². The van der Waals surface area contributed by atoms with Crippen LogP contribution in [0.2, 0.25) is 0 Å². The summed E-state index contributed by atoms with van der Waals surface area (Å²) in [4.78, 5) is 24.1. The number of thioether (sulfide) groups is 1. The summed E-state index contributed by atoms with van der Waals surface area (Å²) in [5, 5.41) is 5.27. The molecule has 6 heteroatoms. The Labute approximate surface area is 145 Å². The number of nitrogens with one attached hydrogen (secondary N) is 2. The van der Waals surface area contributed by atoms with Gasteiger partial charge in [0.1, 0.15) is 5.75 Å². The van der Waals surface area contributed by atoms with Crippen LogP contribution in [-0.4, -0.2) is 29.9 Å². The van der Waals surface area contributed by atoms with E-state index in [2.05, 4.69) is 10.6 Å². The summed E-state index contributed by atoms with van der Waals surface area (Å²) in [7, 11) is 1.55. The topological polar surface area (TPSA) is 67.4 Å². The number of amides is 2. The molecule has 0 radical (unpaired) electrons. The van der Waals surface area contributed by atoms with E-state index >= 15 is 0 Å². The first-order valence-corrected chi connectivity index (χ1v) is 8.55. The molecule has 0 saturated carbocycles. The van der Waals surface area contributed by atoms with Crippen LogP contribution >= 0.6 is 11.8 Å². The minimum absolute atomic E-state index is 0.128. The maximum absolute atomic E-state index is 12.1. The van der Waals surface area contributed by atoms with E-state index in [9.17, 15) is 9.59 Å². The monoisotopic (exact) mass is 344 g/mol. The van der Waals surface area contributed by atoms with Gasteiger partial charge in [0.2, 0.25) is 11.8 Å². The van der Waals surface area contributed by atoms with Gasteiger partial charge >= 0.3 is 0 Å². The SMILES string of the molecule is COc1ccccc1NC(=O)CS[C@@H](C)C(=O)Nc1ccccc1. The fourth-order valence-corrected chi connectivity index (χ4v) is 2.66. The number of methoxy groups -OCH3 is 1. The molecule has 5 nitrogen and oxygen atoms in total. The van der Waals surface area contributed by atoms with Gasteiger partial charge in [0.05, 0.1) is 23.8 Å². The summed E-state index contributed by atoms with van der Waals surface area (Å²) in [6, 6.07) is 16.4. The average molecular weight is 344 g/mol. The first kappa shape index (κ1) is 17.9. The Kier molecular flexibility index (Phi) is 6.69. The molecule has 2 N–H and O–H groups in total. The number of hydrogen-bond acceptors (Lipinski definition) is 4. The minimum Gasteiger partial charge on any atom is -0.495 e. The first-order valence-electron chi connectivity index (χ1n) is 7.50. The Morgan fingerprint density at radius 1 is 1.04 bits per heavy atom. The van der Waals surface area contributed by atoms with E-state index in [0.717, 1.165) is 5.69 Å². The van der Waals surface area contributed by atoms with E-state index in [1.54, 1.807) is 26.2 Å². The number of carbonyl (C=O) groups is 2. The van der Waals surface area contributed by atoms with Gasteiger partial charge in [-0.2, -0.15) is 0 Å². The number of rotatable bonds is 7. The van der Waals surface area contributed by atoms with Crippen LogP contribution in [0.25, 0.3) is 0 Å². The molecule has 2 aromatic rings. The van der Waals surface area contributed by atoms with Crippen molar-refractivity contribution in [2.75, 3.05) is 23.5 Å². The minimum atomic E-state index is -0.339. The smallest absolute Gasteiger partial charge is 0.237 e. The summed E-state index contributed by atoms with van der Waals surface area (Å²) in [5.74, 6) is 0.479. The zero-order chi connectivity index (χ0) is 17.4. The van der Waals surface area contributed by atoms with E-state index in [1.807, 2.05) is 42.5 Å². The van der Waals surface area contributed by atoms with Gasteiger partial charge in [-0.05, 0) is 31.2 Å². The third kappa shape index (κ3) is 5.31. The average Bonchev–Trinajstić information content (AvgIpc) is 2.61. The summed E-state index contributed by atoms with van der Waals surface area (Å²) in [6.07, 6.45) is 0. The quantitative estimate of drug-likeness (QED) is 0.808. The van der Waals surface area contributed by atoms with Gasteiger partial charge in [-0.25, -0.2) is 0 Å². The van der Waals surface area contributed by atoms with E-state index < -0.39 is 0 Å². The Morgan fingerprint density at radius 2 is 1.71 bits per heavy atom. The molecule has 2 rings (SSSR count). The van der Waals surface area contributed by atoms with Crippen molar-refractivity contribution in [2.45, 2.75) is 12.2 Å². The van der Waals surface area contributed by atoms with Gasteiger partial charge in [-0.1, -0.05) is 30.3 Å². The van der Waals surface area contributed by atoms with Crippen LogP contribution in [0.4, 0.5) is 11.4 Å². The zero-order valence-electron chi connectivity index (χ0n) is 13.6. The summed E-state index contributed by atoms with van der Waals surface area (Å²) >= 11 is 1.28. The van der Waals surface area contributed by atoms with Crippen molar-refractivity contribution in [1.29, 1.82) is 0 Å². The molecule has 0 unspecified atom stereocenters. The lowest BCUT2D eigenvalue weighted by Crippen LogP contribution is -2.25. The number of para-hydroxylation sites is 3. The van der Waals surface area contributed by atoms with E-state index in [-0.39, 0.29) is 22.8 Å². The molecule has 0 aliphatic heterocycles. The highest BCUT2D eigenvalue weighted by Crippen LogP contribution is 2.23. The molecule has 0 bridgehead atoms. The molecule has 0 heterocycles. The van der Waals surface area contributed by atoms with Gasteiger partial charge in [0.15, 0.2) is 0 Å². The highest BCUT2D eigenvalue weighted by Gasteiger charge is 2.16. The summed E-state index contributed by atoms with van der Waals surface area (Å²) in [5.41, 5.74) is 1.36. The summed E-state index contributed by atoms with van der Waals surface area (Å²) in [6.45, 7) is 1.78. The molecule has 0 aromatic heterocycles. The third-order valence-electron chi connectivity index (χ3n) is 3.26. The Balaban J connectivity index is 1.81. The number of benzene rings is 2. The third-order valence-corrected chi connectivity index (χ3v) is 4.40. The highest BCUT2D eigenvalue weighted by atomic mass is 32.2. The molecule has 2 amide bonds. The van der Waals surface area contributed by atoms with E-state index in [0.29, 0.717) is 11.4 Å². The highest BCUT2D eigenvalue weighted by molar-refractivity contribution is 8.01. The second-order valence-electron chi connectivity index (χ2n) is 5.06. The van der Waals surface area contributed by atoms with Crippen LogP contribution in [0.5, 0.6) is 5.75 Å². The first-order chi connectivity index (χ1) is 11.6. The normalized spacial score (nSPS) is 11.4. The predicted octanol–water partition coefficient (Wildman–Crippen LogP) is 3.39. The van der Waals surface area contributed by atoms with E-state index in [4.69, 9.17) is 4.74 Å². The number of hydrogen-bond donors (Lipinski definition) is 2. The molecular weight excluding hydrogens is 324 g/mol. The molecule has 24 heavy (non-hydrogen) atoms. The Morgan fingerprint density at radius 3 is 2.42 bits per heavy atom. The van der Waals surface area contributed by atoms with Crippen LogP contribution in [-0.2, 0) is 9.59 Å². The predicted molar refractivity (Wildman–Crippen MR) is 98.6 cm³/mol. The second kappa shape index (κ2) is 8.98. The second-order valence-corrected chi connectivity index (χ2v) is 6.39. The van der Waals surface area contributed by atoms with Gasteiger partial charge < -0.3 is 15.4 Å². The molecule has 0 saturated heterocycles. The fraction of sp³-hybridized carbons (Fsp3) is 0.222. The molecular formula is C18H20N2O3S. The van der Waals surface area contributed by atoms with Gasteiger partial charge in [0.25, 0.3) is 0 Å². The van der Waals surface area contributed by atoms with Gasteiger partial charge in [-0.15, -0.1) is 11.8 Å². The van der Waals surface area contributed by atoms with Crippen molar-refractivity contribution in [1.82, 2.24) is 0 Å². The lowest BCUT2D eigenvalue weighted by molar-refractivity contribution is -0.115. The van der Waals surface area contributed by atoms with Crippen molar-refractivity contribution in [3.8, 4) is 5.75 Å². The van der Waals surface area contributed by atoms with Crippen LogP contribution in [0.3, 0.4) is 0 Å². The fourth-order valence-electron chi connectivity index (χ4n) is 1.98. The maximum atomic E-state index is 12.1. The number of ether oxygens (including phenoxy) is 1. The standard InChI is InChI=1S/C18H20N2O3S/c1-13(18(22)19-14-8-4-3-5-9-14)24-12-17(21)20-15-10-6-7-11-16(15)23-2/h3-11,13H,12H2,1-2H3,(H,19,22)(H,20,21)/t13-/m0/s1. The maximum Gasteiger partial charge on any atom is 0.237 e. The molecule has 2 aromatic carbocycles. The van der Waals surface area contributed by atoms with Crippen molar-refractivity contribution >= 4 is 35.0 Å². The van der Waals surface area contributed by atoms with Crippen LogP contribution in [0, 0.1) is 0 Å². The van der Waals surface area contributed by atoms with Crippen molar-refractivity contribution in [3.05, 3.63) is 54.6 Å². The number of carbonyl (C=O) groups excluding carboxylic acids is 2. The van der Waals surface area contributed by atoms with E-state index in [1.165, 1.54) is 11.8 Å². The van der Waals surface area contributed by atoms with Crippen LogP contribution < -0.4 is 15.4 Å². The van der Waals surface area contributed by atoms with Gasteiger partial charge in [-0.3, -0.25) is 9.59 Å². The Bertz CT molecular complexity index is 692. The van der Waals surface area contributed by atoms with Crippen molar-refractivity contribution in [2.24, 2.45) is 0 Å². The number of anilines is 2. The van der Waals surface area contributed by atoms with Crippen molar-refractivity contribution in [3.63, 3.8) is 0 Å². The summed E-state index contributed by atoms with van der Waals surface area (Å²) < 4.78 is 5.19. The molecule has 0 spiro atoms. The lowest BCUT2D eigenvalue weighted by atomic mass is 10.3. The lowest BCUT2D eigenvalue weighted by Gasteiger charge is -2.13.